The number of rotatable bonds is 5. The Labute approximate surface area is 98.3 Å². The van der Waals surface area contributed by atoms with Gasteiger partial charge in [-0.1, -0.05) is 19.1 Å². The second-order valence-electron chi connectivity index (χ2n) is 5.40. The molecule has 1 heteroatoms. The molecule has 0 spiro atoms. The maximum absolute atomic E-state index is 3.78. The Kier molecular flexibility index (Phi) is 2.62. The van der Waals surface area contributed by atoms with Crippen LogP contribution in [0.2, 0.25) is 0 Å². The number of hydrogen-bond donors (Lipinski definition) is 1. The van der Waals surface area contributed by atoms with E-state index in [0.29, 0.717) is 0 Å². The summed E-state index contributed by atoms with van der Waals surface area (Å²) in [5, 5.41) is 3.78. The number of nitrogens with one attached hydrogen (secondary N) is 1. The second-order valence-corrected chi connectivity index (χ2v) is 5.40. The van der Waals surface area contributed by atoms with Crippen molar-refractivity contribution in [2.45, 2.75) is 45.1 Å². The Morgan fingerprint density at radius 3 is 2.44 bits per heavy atom. The highest BCUT2D eigenvalue weighted by atomic mass is 15.0. The zero-order chi connectivity index (χ0) is 11.0. The summed E-state index contributed by atoms with van der Waals surface area (Å²) in [5.74, 6) is 1.94. The molecule has 0 heterocycles. The molecular weight excluding hydrogens is 194 g/mol. The molecule has 2 fully saturated rings. The maximum atomic E-state index is 3.78. The van der Waals surface area contributed by atoms with E-state index in [2.05, 4.69) is 36.5 Å². The normalized spacial score (nSPS) is 20.1. The van der Waals surface area contributed by atoms with E-state index in [1.807, 2.05) is 0 Å². The lowest BCUT2D eigenvalue weighted by molar-refractivity contribution is 0.568. The second kappa shape index (κ2) is 4.12. The van der Waals surface area contributed by atoms with Crippen molar-refractivity contribution in [1.82, 2.24) is 0 Å². The Hall–Kier alpha value is -0.980. The van der Waals surface area contributed by atoms with Crippen LogP contribution in [0, 0.1) is 11.8 Å². The molecule has 3 rings (SSSR count). The molecule has 1 aromatic rings. The molecular formula is C15H21N. The Morgan fingerprint density at radius 1 is 1.19 bits per heavy atom. The molecule has 2 aliphatic rings. The fraction of sp³-hybridized carbons (Fsp3) is 0.600. The molecule has 2 saturated carbocycles. The number of benzene rings is 1. The van der Waals surface area contributed by atoms with E-state index in [-0.39, 0.29) is 0 Å². The fourth-order valence-corrected chi connectivity index (χ4v) is 2.60. The first kappa shape index (κ1) is 10.2. The predicted octanol–water partition coefficient (Wildman–Crippen LogP) is 3.85. The zero-order valence-electron chi connectivity index (χ0n) is 10.1. The van der Waals surface area contributed by atoms with Crippen molar-refractivity contribution in [2.24, 2.45) is 11.8 Å². The highest BCUT2D eigenvalue weighted by Crippen LogP contribution is 2.45. The smallest absolute Gasteiger partial charge is 0.0345 e. The Morgan fingerprint density at radius 2 is 1.88 bits per heavy atom. The van der Waals surface area contributed by atoms with Crippen molar-refractivity contribution < 1.29 is 0 Å². The van der Waals surface area contributed by atoms with Gasteiger partial charge < -0.3 is 5.32 Å². The molecule has 16 heavy (non-hydrogen) atoms. The summed E-state index contributed by atoms with van der Waals surface area (Å²) >= 11 is 0. The van der Waals surface area contributed by atoms with Crippen LogP contribution in [0.3, 0.4) is 0 Å². The summed E-state index contributed by atoms with van der Waals surface area (Å²) in [6, 6.07) is 9.70. The van der Waals surface area contributed by atoms with Gasteiger partial charge in [-0.05, 0) is 61.6 Å². The monoisotopic (exact) mass is 215 g/mol. The lowest BCUT2D eigenvalue weighted by Crippen LogP contribution is -2.24. The third kappa shape index (κ3) is 2.23. The fourth-order valence-electron chi connectivity index (χ4n) is 2.60. The van der Waals surface area contributed by atoms with Crippen LogP contribution >= 0.6 is 0 Å². The molecule has 0 atom stereocenters. The maximum Gasteiger partial charge on any atom is 0.0345 e. The van der Waals surface area contributed by atoms with Gasteiger partial charge in [-0.25, -0.2) is 0 Å². The van der Waals surface area contributed by atoms with Crippen LogP contribution < -0.4 is 5.32 Å². The topological polar surface area (TPSA) is 12.0 Å². The molecule has 0 aliphatic heterocycles. The number of anilines is 1. The lowest BCUT2D eigenvalue weighted by atomic mass is 10.1. The van der Waals surface area contributed by atoms with Gasteiger partial charge in [0.15, 0.2) is 0 Å². The molecule has 0 unspecified atom stereocenters. The molecule has 86 valence electrons. The van der Waals surface area contributed by atoms with Crippen LogP contribution in [0.4, 0.5) is 5.69 Å². The van der Waals surface area contributed by atoms with Gasteiger partial charge in [0, 0.05) is 11.7 Å². The molecule has 0 saturated heterocycles. The summed E-state index contributed by atoms with van der Waals surface area (Å²) < 4.78 is 0. The molecule has 1 nitrogen and oxygen atoms in total. The van der Waals surface area contributed by atoms with Crippen molar-refractivity contribution in [3.8, 4) is 0 Å². The summed E-state index contributed by atoms with van der Waals surface area (Å²) in [4.78, 5) is 0. The molecule has 0 radical (unpaired) electrons. The van der Waals surface area contributed by atoms with Crippen LogP contribution in [-0.2, 0) is 6.42 Å². The van der Waals surface area contributed by atoms with E-state index < -0.39 is 0 Å². The van der Waals surface area contributed by atoms with E-state index >= 15 is 0 Å². The largest absolute Gasteiger partial charge is 0.382 e. The summed E-state index contributed by atoms with van der Waals surface area (Å²) in [6.45, 7) is 2.22. The molecule has 0 bridgehead atoms. The van der Waals surface area contributed by atoms with Crippen molar-refractivity contribution in [1.29, 1.82) is 0 Å². The van der Waals surface area contributed by atoms with Gasteiger partial charge in [-0.2, -0.15) is 0 Å². The van der Waals surface area contributed by atoms with Gasteiger partial charge in [0.25, 0.3) is 0 Å². The van der Waals surface area contributed by atoms with Gasteiger partial charge in [0.2, 0.25) is 0 Å². The SMILES string of the molecule is CCc1cccc(NC(C2CC2)C2CC2)c1. The molecule has 0 amide bonds. The Bertz CT molecular complexity index is 351. The molecule has 0 aromatic heterocycles. The molecule has 1 N–H and O–H groups in total. The van der Waals surface area contributed by atoms with Crippen LogP contribution in [-0.4, -0.2) is 6.04 Å². The van der Waals surface area contributed by atoms with E-state index in [1.165, 1.54) is 36.9 Å². The minimum Gasteiger partial charge on any atom is -0.382 e. The summed E-state index contributed by atoms with van der Waals surface area (Å²) in [6.07, 6.45) is 6.92. The minimum atomic E-state index is 0.770. The minimum absolute atomic E-state index is 0.770. The van der Waals surface area contributed by atoms with E-state index in [9.17, 15) is 0 Å². The van der Waals surface area contributed by atoms with Crippen LogP contribution in [0.25, 0.3) is 0 Å². The van der Waals surface area contributed by atoms with Crippen molar-refractivity contribution in [2.75, 3.05) is 5.32 Å². The van der Waals surface area contributed by atoms with Gasteiger partial charge in [0.05, 0.1) is 0 Å². The standard InChI is InChI=1S/C15H21N/c1-2-11-4-3-5-14(10-11)16-15(12-6-7-12)13-8-9-13/h3-5,10,12-13,15-16H,2,6-9H2,1H3. The first-order valence-electron chi connectivity index (χ1n) is 6.72. The third-order valence-corrected chi connectivity index (χ3v) is 3.93. The van der Waals surface area contributed by atoms with Crippen molar-refractivity contribution in [3.63, 3.8) is 0 Å². The van der Waals surface area contributed by atoms with Gasteiger partial charge in [-0.3, -0.25) is 0 Å². The van der Waals surface area contributed by atoms with Gasteiger partial charge >= 0.3 is 0 Å². The highest BCUT2D eigenvalue weighted by molar-refractivity contribution is 5.47. The predicted molar refractivity (Wildman–Crippen MR) is 68.7 cm³/mol. The summed E-state index contributed by atoms with van der Waals surface area (Å²) in [7, 11) is 0. The van der Waals surface area contributed by atoms with Crippen LogP contribution in [0.1, 0.15) is 38.2 Å². The van der Waals surface area contributed by atoms with Crippen LogP contribution in [0.5, 0.6) is 0 Å². The molecule has 1 aromatic carbocycles. The van der Waals surface area contributed by atoms with E-state index in [1.54, 1.807) is 0 Å². The average molecular weight is 215 g/mol. The van der Waals surface area contributed by atoms with Crippen LogP contribution in [0.15, 0.2) is 24.3 Å². The number of aryl methyl sites for hydroxylation is 1. The Balaban J connectivity index is 1.70. The van der Waals surface area contributed by atoms with E-state index in [4.69, 9.17) is 0 Å². The van der Waals surface area contributed by atoms with E-state index in [0.717, 1.165) is 24.3 Å². The average Bonchev–Trinajstić information content (AvgIpc) is 3.18. The third-order valence-electron chi connectivity index (χ3n) is 3.93. The first-order chi connectivity index (χ1) is 7.86. The quantitative estimate of drug-likeness (QED) is 0.786. The summed E-state index contributed by atoms with van der Waals surface area (Å²) in [5.41, 5.74) is 2.78. The van der Waals surface area contributed by atoms with Gasteiger partial charge in [0.1, 0.15) is 0 Å². The first-order valence-corrected chi connectivity index (χ1v) is 6.72. The highest BCUT2D eigenvalue weighted by Gasteiger charge is 2.41. The van der Waals surface area contributed by atoms with Gasteiger partial charge in [-0.15, -0.1) is 0 Å². The van der Waals surface area contributed by atoms with Crippen molar-refractivity contribution in [3.05, 3.63) is 29.8 Å². The lowest BCUT2D eigenvalue weighted by Gasteiger charge is -2.19. The molecule has 2 aliphatic carbocycles. The number of hydrogen-bond acceptors (Lipinski definition) is 1. The van der Waals surface area contributed by atoms with Crippen molar-refractivity contribution >= 4 is 5.69 Å². The zero-order valence-corrected chi connectivity index (χ0v) is 10.1.